The number of unbranched alkanes of at least 4 members (excludes halogenated alkanes) is 14. The molecule has 0 bridgehead atoms. The number of allylic oxidation sites excluding steroid dienone is 2. The Balaban J connectivity index is 3.27. The molecule has 5 heteroatoms. The third kappa shape index (κ3) is 19.9. The molecule has 0 aromatic rings. The van der Waals surface area contributed by atoms with Gasteiger partial charge >= 0.3 is 7.82 Å². The molecule has 0 unspecified atom stereocenters. The van der Waals surface area contributed by atoms with Gasteiger partial charge in [-0.25, -0.2) is 4.57 Å². The second-order valence-electron chi connectivity index (χ2n) is 7.04. The first-order chi connectivity index (χ1) is 12.0. The van der Waals surface area contributed by atoms with Crippen molar-refractivity contribution >= 4 is 7.82 Å². The summed E-state index contributed by atoms with van der Waals surface area (Å²) in [6, 6.07) is 0. The zero-order valence-electron chi connectivity index (χ0n) is 16.5. The maximum absolute atomic E-state index is 10.8. The van der Waals surface area contributed by atoms with Crippen LogP contribution in [0.4, 0.5) is 0 Å². The standard InChI is InChI=1S/C20H41O4P/c1-3-5-6-7-8-9-10-11-12-13-14-15-16-17-18-19-20(4-2)24-25(21,22)23/h4H,3,5-19H2,1-2H3,(H2,21,22,23). The lowest BCUT2D eigenvalue weighted by Gasteiger charge is -2.10. The van der Waals surface area contributed by atoms with E-state index in [-0.39, 0.29) is 0 Å². The largest absolute Gasteiger partial charge is 0.524 e. The highest BCUT2D eigenvalue weighted by Crippen LogP contribution is 2.40. The van der Waals surface area contributed by atoms with E-state index in [1.807, 2.05) is 0 Å². The summed E-state index contributed by atoms with van der Waals surface area (Å²) in [5.74, 6) is 0.406. The summed E-state index contributed by atoms with van der Waals surface area (Å²) in [5.41, 5.74) is 0. The first-order valence-corrected chi connectivity index (χ1v) is 11.9. The molecule has 0 aliphatic rings. The van der Waals surface area contributed by atoms with Gasteiger partial charge < -0.3 is 4.52 Å². The first-order valence-electron chi connectivity index (χ1n) is 10.4. The summed E-state index contributed by atoms with van der Waals surface area (Å²) in [7, 11) is -4.40. The maximum Gasteiger partial charge on any atom is 0.524 e. The SMILES string of the molecule is CC=C(CCCCCCCCCCCCCCCCC)OP(=O)(O)O. The molecule has 0 aromatic carbocycles. The molecule has 0 fully saturated rings. The van der Waals surface area contributed by atoms with E-state index in [0.717, 1.165) is 12.8 Å². The molecule has 2 N–H and O–H groups in total. The zero-order valence-corrected chi connectivity index (χ0v) is 17.4. The van der Waals surface area contributed by atoms with Gasteiger partial charge in [0.25, 0.3) is 0 Å². The number of phosphoric acid groups is 1. The molecular weight excluding hydrogens is 335 g/mol. The molecular formula is C20H41O4P. The van der Waals surface area contributed by atoms with Gasteiger partial charge in [0.05, 0.1) is 0 Å². The molecule has 0 spiro atoms. The molecule has 0 saturated heterocycles. The third-order valence-corrected chi connectivity index (χ3v) is 5.06. The van der Waals surface area contributed by atoms with E-state index in [9.17, 15) is 4.57 Å². The van der Waals surface area contributed by atoms with E-state index < -0.39 is 7.82 Å². The van der Waals surface area contributed by atoms with Crippen LogP contribution in [0.5, 0.6) is 0 Å². The van der Waals surface area contributed by atoms with Gasteiger partial charge in [-0.1, -0.05) is 96.8 Å². The summed E-state index contributed by atoms with van der Waals surface area (Å²) < 4.78 is 15.4. The van der Waals surface area contributed by atoms with Gasteiger partial charge in [-0.3, -0.25) is 9.79 Å². The summed E-state index contributed by atoms with van der Waals surface area (Å²) in [5, 5.41) is 0. The summed E-state index contributed by atoms with van der Waals surface area (Å²) in [6.07, 6.45) is 21.9. The highest BCUT2D eigenvalue weighted by atomic mass is 31.2. The van der Waals surface area contributed by atoms with E-state index in [1.54, 1.807) is 13.0 Å². The van der Waals surface area contributed by atoms with Gasteiger partial charge in [-0.15, -0.1) is 0 Å². The van der Waals surface area contributed by atoms with Crippen LogP contribution in [0, 0.1) is 0 Å². The Kier molecular flexibility index (Phi) is 16.9. The van der Waals surface area contributed by atoms with Crippen molar-refractivity contribution in [3.8, 4) is 0 Å². The van der Waals surface area contributed by atoms with Gasteiger partial charge in [-0.05, 0) is 19.4 Å². The molecule has 150 valence electrons. The van der Waals surface area contributed by atoms with Crippen molar-refractivity contribution in [1.29, 1.82) is 0 Å². The molecule has 0 rings (SSSR count). The van der Waals surface area contributed by atoms with Gasteiger partial charge in [0.15, 0.2) is 0 Å². The van der Waals surface area contributed by atoms with E-state index in [4.69, 9.17) is 9.79 Å². The van der Waals surface area contributed by atoms with Crippen molar-refractivity contribution in [2.75, 3.05) is 0 Å². The highest BCUT2D eigenvalue weighted by Gasteiger charge is 2.16. The van der Waals surface area contributed by atoms with E-state index in [1.165, 1.54) is 83.5 Å². The average molecular weight is 377 g/mol. The summed E-state index contributed by atoms with van der Waals surface area (Å²) >= 11 is 0. The molecule has 25 heavy (non-hydrogen) atoms. The van der Waals surface area contributed by atoms with Crippen molar-refractivity contribution in [3.05, 3.63) is 11.8 Å². The summed E-state index contributed by atoms with van der Waals surface area (Å²) in [6.45, 7) is 4.01. The summed E-state index contributed by atoms with van der Waals surface area (Å²) in [4.78, 5) is 17.6. The van der Waals surface area contributed by atoms with Crippen LogP contribution < -0.4 is 0 Å². The number of rotatable bonds is 18. The fourth-order valence-corrected chi connectivity index (χ4v) is 3.57. The molecule has 0 aliphatic heterocycles. The van der Waals surface area contributed by atoms with Crippen molar-refractivity contribution in [1.82, 2.24) is 0 Å². The van der Waals surface area contributed by atoms with Crippen molar-refractivity contribution in [2.24, 2.45) is 0 Å². The van der Waals surface area contributed by atoms with E-state index in [2.05, 4.69) is 11.4 Å². The Morgan fingerprint density at radius 3 is 1.44 bits per heavy atom. The molecule has 0 heterocycles. The normalized spacial score (nSPS) is 12.6. The monoisotopic (exact) mass is 376 g/mol. The second-order valence-corrected chi connectivity index (χ2v) is 8.20. The Labute approximate surface area is 155 Å². The number of hydrogen-bond donors (Lipinski definition) is 2. The van der Waals surface area contributed by atoms with Gasteiger partial charge in [0.1, 0.15) is 5.76 Å². The Morgan fingerprint density at radius 2 is 1.12 bits per heavy atom. The minimum Gasteiger partial charge on any atom is -0.409 e. The molecule has 0 atom stereocenters. The smallest absolute Gasteiger partial charge is 0.409 e. The minimum atomic E-state index is -4.40. The lowest BCUT2D eigenvalue weighted by Crippen LogP contribution is -1.91. The lowest BCUT2D eigenvalue weighted by molar-refractivity contribution is 0.235. The van der Waals surface area contributed by atoms with Crippen LogP contribution in [0.15, 0.2) is 11.8 Å². The van der Waals surface area contributed by atoms with Crippen LogP contribution in [-0.4, -0.2) is 9.79 Å². The van der Waals surface area contributed by atoms with Gasteiger partial charge in [0.2, 0.25) is 0 Å². The fourth-order valence-electron chi connectivity index (χ4n) is 3.07. The lowest BCUT2D eigenvalue weighted by atomic mass is 10.0. The first kappa shape index (κ1) is 24.7. The van der Waals surface area contributed by atoms with E-state index in [0.29, 0.717) is 12.2 Å². The quantitative estimate of drug-likeness (QED) is 0.150. The van der Waals surface area contributed by atoms with E-state index >= 15 is 0 Å². The Morgan fingerprint density at radius 1 is 0.760 bits per heavy atom. The molecule has 0 aliphatic carbocycles. The van der Waals surface area contributed by atoms with Crippen LogP contribution in [0.3, 0.4) is 0 Å². The molecule has 0 radical (unpaired) electrons. The molecule has 0 aromatic heterocycles. The average Bonchev–Trinajstić information content (AvgIpc) is 2.56. The predicted molar refractivity (Wildman–Crippen MR) is 106 cm³/mol. The number of phosphoric ester groups is 1. The third-order valence-electron chi connectivity index (χ3n) is 4.58. The zero-order chi connectivity index (χ0) is 18.8. The predicted octanol–water partition coefficient (Wildman–Crippen LogP) is 7.26. The second kappa shape index (κ2) is 17.1. The maximum atomic E-state index is 10.8. The van der Waals surface area contributed by atoms with Crippen LogP contribution in [0.2, 0.25) is 0 Å². The van der Waals surface area contributed by atoms with Crippen LogP contribution >= 0.6 is 7.82 Å². The van der Waals surface area contributed by atoms with Crippen molar-refractivity contribution in [2.45, 2.75) is 117 Å². The minimum absolute atomic E-state index is 0.406. The fraction of sp³-hybridized carbons (Fsp3) is 0.900. The topological polar surface area (TPSA) is 66.8 Å². The molecule has 4 nitrogen and oxygen atoms in total. The van der Waals surface area contributed by atoms with Crippen LogP contribution in [-0.2, 0) is 9.09 Å². The highest BCUT2D eigenvalue weighted by molar-refractivity contribution is 7.46. The van der Waals surface area contributed by atoms with Crippen molar-refractivity contribution in [3.63, 3.8) is 0 Å². The Bertz CT molecular complexity index is 363. The van der Waals surface area contributed by atoms with Gasteiger partial charge in [-0.2, -0.15) is 0 Å². The van der Waals surface area contributed by atoms with Gasteiger partial charge in [0, 0.05) is 6.42 Å². The molecule has 0 saturated carbocycles. The van der Waals surface area contributed by atoms with Crippen LogP contribution in [0.25, 0.3) is 0 Å². The Hall–Kier alpha value is -0.310. The van der Waals surface area contributed by atoms with Crippen LogP contribution in [0.1, 0.15) is 117 Å². The number of hydrogen-bond acceptors (Lipinski definition) is 2. The van der Waals surface area contributed by atoms with Crippen molar-refractivity contribution < 1.29 is 18.9 Å². The molecule has 0 amide bonds.